The van der Waals surface area contributed by atoms with E-state index in [0.717, 1.165) is 0 Å². The zero-order valence-electron chi connectivity index (χ0n) is 5.71. The van der Waals surface area contributed by atoms with E-state index < -0.39 is 9.84 Å². The van der Waals surface area contributed by atoms with Crippen LogP contribution in [0.15, 0.2) is 10.6 Å². The Kier molecular flexibility index (Phi) is 2.34. The van der Waals surface area contributed by atoms with E-state index in [4.69, 9.17) is 11.6 Å². The second kappa shape index (κ2) is 2.95. The number of hydrogen-bond acceptors (Lipinski definition) is 3. The molecule has 5 heteroatoms. The Labute approximate surface area is 70.0 Å². The van der Waals surface area contributed by atoms with Crippen molar-refractivity contribution in [3.63, 3.8) is 0 Å². The Hall–Kier alpha value is -0.350. The molecule has 0 aromatic rings. The summed E-state index contributed by atoms with van der Waals surface area (Å²) in [6.07, 6.45) is 0.789. The van der Waals surface area contributed by atoms with E-state index in [9.17, 15) is 13.2 Å². The highest BCUT2D eigenvalue weighted by molar-refractivity contribution is 7.91. The van der Waals surface area contributed by atoms with Gasteiger partial charge in [0.15, 0.2) is 9.84 Å². The maximum absolute atomic E-state index is 10.9. The molecule has 0 aromatic heterocycles. The van der Waals surface area contributed by atoms with Gasteiger partial charge in [-0.05, 0) is 6.42 Å². The Morgan fingerprint density at radius 1 is 1.45 bits per heavy atom. The number of carbonyl (C=O) groups excluding carboxylic acids is 1. The van der Waals surface area contributed by atoms with E-state index in [1.54, 1.807) is 0 Å². The molecular weight excluding hydrogens is 188 g/mol. The standard InChI is InChI=1S/C6H7ClO3S/c7-6-1-2-11(9,10)4-5(6)3-8/h3H,1-2,4H2. The summed E-state index contributed by atoms with van der Waals surface area (Å²) in [6, 6.07) is 0. The largest absolute Gasteiger partial charge is 0.298 e. The molecule has 0 saturated heterocycles. The van der Waals surface area contributed by atoms with Crippen LogP contribution < -0.4 is 0 Å². The lowest BCUT2D eigenvalue weighted by molar-refractivity contribution is -0.104. The second-order valence-corrected chi connectivity index (χ2v) is 5.03. The molecular formula is C6H7ClO3S. The SMILES string of the molecule is O=CC1=C(Cl)CCS(=O)(=O)C1. The van der Waals surface area contributed by atoms with Gasteiger partial charge in [0.2, 0.25) is 0 Å². The molecule has 0 saturated carbocycles. The van der Waals surface area contributed by atoms with Crippen molar-refractivity contribution in [2.24, 2.45) is 0 Å². The minimum Gasteiger partial charge on any atom is -0.298 e. The second-order valence-electron chi connectivity index (χ2n) is 2.39. The van der Waals surface area contributed by atoms with Crippen LogP contribution in [-0.2, 0) is 14.6 Å². The van der Waals surface area contributed by atoms with Crippen LogP contribution in [0.3, 0.4) is 0 Å². The first-order valence-electron chi connectivity index (χ1n) is 3.08. The lowest BCUT2D eigenvalue weighted by Crippen LogP contribution is -2.19. The molecule has 1 aliphatic heterocycles. The predicted octanol–water partition coefficient (Wildman–Crippen LogP) is 0.497. The molecule has 3 nitrogen and oxygen atoms in total. The Balaban J connectivity index is 2.99. The molecule has 1 heterocycles. The normalized spacial score (nSPS) is 23.4. The van der Waals surface area contributed by atoms with Crippen LogP contribution in [-0.4, -0.2) is 26.2 Å². The molecule has 0 atom stereocenters. The van der Waals surface area contributed by atoms with Crippen molar-refractivity contribution in [2.45, 2.75) is 6.42 Å². The third-order valence-corrected chi connectivity index (χ3v) is 3.51. The number of sulfone groups is 1. The molecule has 0 N–H and O–H groups in total. The topological polar surface area (TPSA) is 51.2 Å². The van der Waals surface area contributed by atoms with Gasteiger partial charge in [0.05, 0.1) is 11.5 Å². The van der Waals surface area contributed by atoms with Crippen molar-refractivity contribution >= 4 is 27.7 Å². The zero-order chi connectivity index (χ0) is 8.48. The molecule has 0 radical (unpaired) electrons. The van der Waals surface area contributed by atoms with E-state index in [2.05, 4.69) is 0 Å². The summed E-state index contributed by atoms with van der Waals surface area (Å²) in [5, 5.41) is 0.384. The first-order chi connectivity index (χ1) is 5.05. The van der Waals surface area contributed by atoms with Gasteiger partial charge >= 0.3 is 0 Å². The zero-order valence-corrected chi connectivity index (χ0v) is 7.28. The van der Waals surface area contributed by atoms with Crippen molar-refractivity contribution in [1.29, 1.82) is 0 Å². The molecule has 62 valence electrons. The molecule has 11 heavy (non-hydrogen) atoms. The molecule has 0 spiro atoms. The summed E-state index contributed by atoms with van der Waals surface area (Å²) in [5.41, 5.74) is 0.206. The van der Waals surface area contributed by atoms with Crippen molar-refractivity contribution in [1.82, 2.24) is 0 Å². The van der Waals surface area contributed by atoms with Gasteiger partial charge in [-0.1, -0.05) is 11.6 Å². The highest BCUT2D eigenvalue weighted by atomic mass is 35.5. The van der Waals surface area contributed by atoms with Crippen LogP contribution >= 0.6 is 11.6 Å². The summed E-state index contributed by atoms with van der Waals surface area (Å²) in [4.78, 5) is 10.3. The fourth-order valence-corrected chi connectivity index (χ4v) is 2.66. The average Bonchev–Trinajstić information content (AvgIpc) is 1.94. The van der Waals surface area contributed by atoms with Crippen molar-refractivity contribution < 1.29 is 13.2 Å². The fourth-order valence-electron chi connectivity index (χ4n) is 0.891. The predicted molar refractivity (Wildman–Crippen MR) is 42.2 cm³/mol. The van der Waals surface area contributed by atoms with Gasteiger partial charge in [0.1, 0.15) is 6.29 Å². The smallest absolute Gasteiger partial charge is 0.154 e. The number of halogens is 1. The van der Waals surface area contributed by atoms with E-state index in [0.29, 0.717) is 11.3 Å². The van der Waals surface area contributed by atoms with Gasteiger partial charge in [-0.15, -0.1) is 0 Å². The summed E-state index contributed by atoms with van der Waals surface area (Å²) in [6.45, 7) is 0. The third kappa shape index (κ3) is 2.04. The summed E-state index contributed by atoms with van der Waals surface area (Å²) >= 11 is 5.59. The molecule has 0 amide bonds. The maximum Gasteiger partial charge on any atom is 0.154 e. The number of carbonyl (C=O) groups is 1. The Morgan fingerprint density at radius 3 is 2.55 bits per heavy atom. The highest BCUT2D eigenvalue weighted by Crippen LogP contribution is 2.20. The van der Waals surface area contributed by atoms with Gasteiger partial charge in [-0.2, -0.15) is 0 Å². The first kappa shape index (κ1) is 8.74. The van der Waals surface area contributed by atoms with Gasteiger partial charge in [-0.3, -0.25) is 4.79 Å². The van der Waals surface area contributed by atoms with E-state index >= 15 is 0 Å². The van der Waals surface area contributed by atoms with Gasteiger partial charge in [0, 0.05) is 10.6 Å². The monoisotopic (exact) mass is 194 g/mol. The van der Waals surface area contributed by atoms with Crippen LogP contribution in [0.4, 0.5) is 0 Å². The highest BCUT2D eigenvalue weighted by Gasteiger charge is 2.21. The van der Waals surface area contributed by atoms with Crippen LogP contribution in [0.5, 0.6) is 0 Å². The van der Waals surface area contributed by atoms with Gasteiger partial charge in [-0.25, -0.2) is 8.42 Å². The molecule has 0 bridgehead atoms. The molecule has 1 rings (SSSR count). The van der Waals surface area contributed by atoms with Gasteiger partial charge in [0.25, 0.3) is 0 Å². The molecule has 1 aliphatic rings. The minimum atomic E-state index is -3.05. The number of hydrogen-bond donors (Lipinski definition) is 0. The van der Waals surface area contributed by atoms with E-state index in [1.165, 1.54) is 0 Å². The average molecular weight is 195 g/mol. The molecule has 0 aromatic carbocycles. The summed E-state index contributed by atoms with van der Waals surface area (Å²) < 4.78 is 21.8. The number of allylic oxidation sites excluding steroid dienone is 1. The minimum absolute atomic E-state index is 0.0587. The van der Waals surface area contributed by atoms with Crippen LogP contribution in [0, 0.1) is 0 Å². The molecule has 0 unspecified atom stereocenters. The third-order valence-electron chi connectivity index (χ3n) is 1.50. The lowest BCUT2D eigenvalue weighted by Gasteiger charge is -2.11. The van der Waals surface area contributed by atoms with Crippen LogP contribution in [0.25, 0.3) is 0 Å². The Morgan fingerprint density at radius 2 is 2.09 bits per heavy atom. The quantitative estimate of drug-likeness (QED) is 0.571. The summed E-state index contributed by atoms with van der Waals surface area (Å²) in [7, 11) is -3.05. The van der Waals surface area contributed by atoms with E-state index in [-0.39, 0.29) is 23.5 Å². The van der Waals surface area contributed by atoms with Gasteiger partial charge < -0.3 is 0 Å². The molecule has 0 aliphatic carbocycles. The van der Waals surface area contributed by atoms with Crippen LogP contribution in [0.2, 0.25) is 0 Å². The summed E-state index contributed by atoms with van der Waals surface area (Å²) in [5.74, 6) is -0.140. The number of aldehydes is 1. The Bertz CT molecular complexity index is 302. The first-order valence-corrected chi connectivity index (χ1v) is 5.28. The van der Waals surface area contributed by atoms with Crippen molar-refractivity contribution in [3.05, 3.63) is 10.6 Å². The van der Waals surface area contributed by atoms with Crippen molar-refractivity contribution in [3.8, 4) is 0 Å². The lowest BCUT2D eigenvalue weighted by atomic mass is 10.2. The molecule has 0 fully saturated rings. The fraction of sp³-hybridized carbons (Fsp3) is 0.500. The van der Waals surface area contributed by atoms with Crippen LogP contribution in [0.1, 0.15) is 6.42 Å². The van der Waals surface area contributed by atoms with E-state index in [1.807, 2.05) is 0 Å². The maximum atomic E-state index is 10.9. The number of rotatable bonds is 1. The van der Waals surface area contributed by atoms with Crippen molar-refractivity contribution in [2.75, 3.05) is 11.5 Å².